The molecule has 4 heteroatoms. The zero-order valence-corrected chi connectivity index (χ0v) is 5.65. The zero-order chi connectivity index (χ0) is 8.15. The van der Waals surface area contributed by atoms with Crippen molar-refractivity contribution in [2.75, 3.05) is 0 Å². The van der Waals surface area contributed by atoms with Crippen molar-refractivity contribution in [2.24, 2.45) is 0 Å². The number of halogens is 3. The largest absolute Gasteiger partial charge is 0.390 e. The SMILES string of the molecule is CCCC(O)C(F)[C](F)F. The first-order valence-electron chi connectivity index (χ1n) is 3.09. The van der Waals surface area contributed by atoms with Crippen molar-refractivity contribution in [3.63, 3.8) is 0 Å². The molecule has 2 unspecified atom stereocenters. The van der Waals surface area contributed by atoms with Gasteiger partial charge >= 0.3 is 6.43 Å². The molecule has 0 saturated heterocycles. The Labute approximate surface area is 57.9 Å². The van der Waals surface area contributed by atoms with Crippen molar-refractivity contribution in [2.45, 2.75) is 32.0 Å². The summed E-state index contributed by atoms with van der Waals surface area (Å²) in [4.78, 5) is 0. The average Bonchev–Trinajstić information content (AvgIpc) is 1.87. The summed E-state index contributed by atoms with van der Waals surface area (Å²) in [5.41, 5.74) is 0. The molecule has 0 amide bonds. The summed E-state index contributed by atoms with van der Waals surface area (Å²) in [5.74, 6) is 0. The van der Waals surface area contributed by atoms with E-state index in [4.69, 9.17) is 5.11 Å². The van der Waals surface area contributed by atoms with Gasteiger partial charge in [-0.25, -0.2) is 4.39 Å². The van der Waals surface area contributed by atoms with E-state index in [2.05, 4.69) is 0 Å². The Morgan fingerprint density at radius 1 is 1.50 bits per heavy atom. The Kier molecular flexibility index (Phi) is 4.43. The second-order valence-electron chi connectivity index (χ2n) is 2.05. The number of aliphatic hydroxyl groups is 1. The molecular formula is C6H10F3O. The van der Waals surface area contributed by atoms with Gasteiger partial charge in [-0.2, -0.15) is 8.78 Å². The molecule has 2 atom stereocenters. The molecule has 1 nitrogen and oxygen atoms in total. The van der Waals surface area contributed by atoms with E-state index in [1.54, 1.807) is 6.92 Å². The van der Waals surface area contributed by atoms with Crippen LogP contribution < -0.4 is 0 Å². The highest BCUT2D eigenvalue weighted by atomic mass is 19.3. The van der Waals surface area contributed by atoms with Crippen LogP contribution in [0.3, 0.4) is 0 Å². The Balaban J connectivity index is 3.58. The van der Waals surface area contributed by atoms with E-state index in [0.29, 0.717) is 6.42 Å². The lowest BCUT2D eigenvalue weighted by atomic mass is 10.1. The fraction of sp³-hybridized carbons (Fsp3) is 0.833. The summed E-state index contributed by atoms with van der Waals surface area (Å²) in [6, 6.07) is 0. The van der Waals surface area contributed by atoms with Gasteiger partial charge in [0.2, 0.25) is 0 Å². The third-order valence-corrected chi connectivity index (χ3v) is 1.13. The van der Waals surface area contributed by atoms with Crippen molar-refractivity contribution in [1.82, 2.24) is 0 Å². The molecule has 10 heavy (non-hydrogen) atoms. The molecule has 0 aromatic heterocycles. The van der Waals surface area contributed by atoms with Crippen molar-refractivity contribution in [1.29, 1.82) is 0 Å². The first-order chi connectivity index (χ1) is 4.59. The molecule has 1 N–H and O–H groups in total. The molecule has 0 aromatic rings. The van der Waals surface area contributed by atoms with E-state index in [0.717, 1.165) is 0 Å². The molecule has 0 aliphatic carbocycles. The summed E-state index contributed by atoms with van der Waals surface area (Å²) in [6.45, 7) is 1.69. The maximum Gasteiger partial charge on any atom is 0.346 e. The fourth-order valence-corrected chi connectivity index (χ4v) is 0.588. The molecule has 0 aliphatic heterocycles. The highest BCUT2D eigenvalue weighted by Crippen LogP contribution is 2.19. The van der Waals surface area contributed by atoms with Crippen LogP contribution >= 0.6 is 0 Å². The van der Waals surface area contributed by atoms with Crippen LogP contribution in [-0.2, 0) is 0 Å². The van der Waals surface area contributed by atoms with Crippen LogP contribution in [0.15, 0.2) is 0 Å². The van der Waals surface area contributed by atoms with Gasteiger partial charge in [0.05, 0.1) is 6.10 Å². The standard InChI is InChI=1S/C6H10F3O/c1-2-3-4(10)5(7)6(8)9/h4-5,10H,2-3H2,1H3. The summed E-state index contributed by atoms with van der Waals surface area (Å²) < 4.78 is 34.8. The van der Waals surface area contributed by atoms with Crippen LogP contribution in [-0.4, -0.2) is 17.4 Å². The molecule has 0 spiro atoms. The third-order valence-electron chi connectivity index (χ3n) is 1.13. The number of aliphatic hydroxyl groups excluding tert-OH is 1. The van der Waals surface area contributed by atoms with Gasteiger partial charge in [-0.3, -0.25) is 0 Å². The number of hydrogen-bond donors (Lipinski definition) is 1. The minimum absolute atomic E-state index is 0.0680. The second-order valence-corrected chi connectivity index (χ2v) is 2.05. The van der Waals surface area contributed by atoms with E-state index in [-0.39, 0.29) is 6.42 Å². The third kappa shape index (κ3) is 3.06. The van der Waals surface area contributed by atoms with Gasteiger partial charge in [0.1, 0.15) is 0 Å². The van der Waals surface area contributed by atoms with E-state index >= 15 is 0 Å². The first kappa shape index (κ1) is 9.75. The van der Waals surface area contributed by atoms with Crippen molar-refractivity contribution >= 4 is 0 Å². The average molecular weight is 155 g/mol. The highest BCUT2D eigenvalue weighted by Gasteiger charge is 2.28. The topological polar surface area (TPSA) is 20.2 Å². The van der Waals surface area contributed by atoms with Gasteiger partial charge in [0.25, 0.3) is 0 Å². The maximum absolute atomic E-state index is 12.1. The fourth-order valence-electron chi connectivity index (χ4n) is 0.588. The van der Waals surface area contributed by atoms with E-state index in [9.17, 15) is 13.2 Å². The van der Waals surface area contributed by atoms with E-state index in [1.165, 1.54) is 0 Å². The van der Waals surface area contributed by atoms with E-state index in [1.807, 2.05) is 0 Å². The van der Waals surface area contributed by atoms with Crippen LogP contribution in [0.25, 0.3) is 0 Å². The van der Waals surface area contributed by atoms with Gasteiger partial charge < -0.3 is 5.11 Å². The molecule has 0 fully saturated rings. The zero-order valence-electron chi connectivity index (χ0n) is 5.65. The predicted octanol–water partition coefficient (Wildman–Crippen LogP) is 1.91. The maximum atomic E-state index is 12.1. The number of rotatable bonds is 4. The number of hydrogen-bond acceptors (Lipinski definition) is 1. The normalized spacial score (nSPS) is 17.4. The Morgan fingerprint density at radius 2 is 2.00 bits per heavy atom. The van der Waals surface area contributed by atoms with Crippen molar-refractivity contribution in [3.8, 4) is 0 Å². The van der Waals surface area contributed by atoms with Gasteiger partial charge in [-0.15, -0.1) is 0 Å². The summed E-state index contributed by atoms with van der Waals surface area (Å²) in [7, 11) is 0. The predicted molar refractivity (Wildman–Crippen MR) is 31.3 cm³/mol. The van der Waals surface area contributed by atoms with Crippen LogP contribution in [0.2, 0.25) is 0 Å². The molecule has 0 bridgehead atoms. The molecule has 0 aromatic carbocycles. The second kappa shape index (κ2) is 4.55. The van der Waals surface area contributed by atoms with Gasteiger partial charge in [0.15, 0.2) is 6.17 Å². The van der Waals surface area contributed by atoms with Gasteiger partial charge in [0, 0.05) is 0 Å². The minimum atomic E-state index is -2.47. The summed E-state index contributed by atoms with van der Waals surface area (Å²) in [6.07, 6.45) is -5.80. The minimum Gasteiger partial charge on any atom is -0.390 e. The molecule has 0 saturated carbocycles. The van der Waals surface area contributed by atoms with Crippen molar-refractivity contribution < 1.29 is 18.3 Å². The van der Waals surface area contributed by atoms with Crippen LogP contribution in [0.1, 0.15) is 19.8 Å². The molecule has 0 aliphatic rings. The first-order valence-corrected chi connectivity index (χ1v) is 3.09. The van der Waals surface area contributed by atoms with Crippen LogP contribution in [0.5, 0.6) is 0 Å². The van der Waals surface area contributed by atoms with Gasteiger partial charge in [-0.05, 0) is 6.42 Å². The summed E-state index contributed by atoms with van der Waals surface area (Å²) >= 11 is 0. The van der Waals surface area contributed by atoms with Crippen LogP contribution in [0.4, 0.5) is 13.2 Å². The molecular weight excluding hydrogens is 145 g/mol. The molecule has 1 radical (unpaired) electrons. The quantitative estimate of drug-likeness (QED) is 0.657. The van der Waals surface area contributed by atoms with Crippen LogP contribution in [0, 0.1) is 6.43 Å². The van der Waals surface area contributed by atoms with Gasteiger partial charge in [-0.1, -0.05) is 13.3 Å². The summed E-state index contributed by atoms with van der Waals surface area (Å²) in [5, 5.41) is 8.61. The Hall–Kier alpha value is -0.250. The monoisotopic (exact) mass is 155 g/mol. The molecule has 0 heterocycles. The molecule has 61 valence electrons. The Morgan fingerprint density at radius 3 is 2.30 bits per heavy atom. The highest BCUT2D eigenvalue weighted by molar-refractivity contribution is 4.80. The van der Waals surface area contributed by atoms with E-state index < -0.39 is 18.7 Å². The smallest absolute Gasteiger partial charge is 0.346 e. The number of alkyl halides is 1. The Bertz CT molecular complexity index is 87.1. The lowest BCUT2D eigenvalue weighted by molar-refractivity contribution is 0.0267. The molecule has 0 rings (SSSR count). The lowest BCUT2D eigenvalue weighted by Gasteiger charge is -2.11. The lowest BCUT2D eigenvalue weighted by Crippen LogP contribution is -2.24. The van der Waals surface area contributed by atoms with Crippen molar-refractivity contribution in [3.05, 3.63) is 6.43 Å².